The average molecular weight is 254 g/mol. The number of anilines is 1. The Kier molecular flexibility index (Phi) is 4.29. The van der Waals surface area contributed by atoms with Gasteiger partial charge in [0.25, 0.3) is 0 Å². The van der Waals surface area contributed by atoms with E-state index in [0.717, 1.165) is 11.3 Å². The predicted octanol–water partition coefficient (Wildman–Crippen LogP) is 2.15. The summed E-state index contributed by atoms with van der Waals surface area (Å²) < 4.78 is 5.59. The molecule has 0 atom stereocenters. The van der Waals surface area contributed by atoms with Crippen LogP contribution in [0.15, 0.2) is 36.7 Å². The predicted molar refractivity (Wildman–Crippen MR) is 71.9 cm³/mol. The molecule has 0 bridgehead atoms. The summed E-state index contributed by atoms with van der Waals surface area (Å²) >= 11 is 0. The van der Waals surface area contributed by atoms with Crippen molar-refractivity contribution in [2.75, 3.05) is 18.5 Å². The number of benzene rings is 1. The monoisotopic (exact) mass is 254 g/mol. The van der Waals surface area contributed by atoms with Crippen LogP contribution in [0.25, 0.3) is 0 Å². The maximum absolute atomic E-state index is 8.86. The van der Waals surface area contributed by atoms with Crippen molar-refractivity contribution >= 4 is 5.82 Å². The second kappa shape index (κ2) is 6.36. The van der Waals surface area contributed by atoms with Crippen molar-refractivity contribution in [2.24, 2.45) is 0 Å². The first-order chi connectivity index (χ1) is 9.29. The highest BCUT2D eigenvalue weighted by Crippen LogP contribution is 2.12. The first-order valence-corrected chi connectivity index (χ1v) is 5.94. The average Bonchev–Trinajstić information content (AvgIpc) is 2.44. The molecule has 0 aliphatic heterocycles. The third-order valence-corrected chi connectivity index (χ3v) is 2.46. The van der Waals surface area contributed by atoms with Crippen LogP contribution >= 0.6 is 0 Å². The van der Waals surface area contributed by atoms with Gasteiger partial charge in [-0.15, -0.1) is 0 Å². The first-order valence-electron chi connectivity index (χ1n) is 5.94. The van der Waals surface area contributed by atoms with Gasteiger partial charge in [0, 0.05) is 12.4 Å². The van der Waals surface area contributed by atoms with Gasteiger partial charge >= 0.3 is 0 Å². The second-order valence-corrected chi connectivity index (χ2v) is 3.96. The zero-order valence-corrected chi connectivity index (χ0v) is 10.6. The molecule has 0 spiro atoms. The summed E-state index contributed by atoms with van der Waals surface area (Å²) in [5, 5.41) is 11.9. The van der Waals surface area contributed by atoms with Crippen LogP contribution in [0.4, 0.5) is 5.82 Å². The van der Waals surface area contributed by atoms with E-state index in [1.165, 1.54) is 6.20 Å². The molecule has 0 unspecified atom stereocenters. The molecule has 2 aromatic rings. The number of aromatic nitrogens is 2. The third-order valence-electron chi connectivity index (χ3n) is 2.46. The summed E-state index contributed by atoms with van der Waals surface area (Å²) in [5.41, 5.74) is 1.45. The van der Waals surface area contributed by atoms with Gasteiger partial charge in [-0.3, -0.25) is 0 Å². The molecule has 0 aliphatic rings. The lowest BCUT2D eigenvalue weighted by molar-refractivity contribution is 0.332. The number of hydrogen-bond acceptors (Lipinski definition) is 5. The molecule has 5 nitrogen and oxygen atoms in total. The Morgan fingerprint density at radius 1 is 1.32 bits per heavy atom. The first kappa shape index (κ1) is 12.8. The molecule has 0 saturated heterocycles. The summed E-state index contributed by atoms with van der Waals surface area (Å²) in [7, 11) is 0. The van der Waals surface area contributed by atoms with E-state index in [4.69, 9.17) is 10.00 Å². The van der Waals surface area contributed by atoms with E-state index in [1.807, 2.05) is 37.3 Å². The van der Waals surface area contributed by atoms with Crippen molar-refractivity contribution in [3.63, 3.8) is 0 Å². The molecule has 2 rings (SSSR count). The van der Waals surface area contributed by atoms with Crippen molar-refractivity contribution in [2.45, 2.75) is 6.92 Å². The topological polar surface area (TPSA) is 70.8 Å². The van der Waals surface area contributed by atoms with Gasteiger partial charge in [-0.1, -0.05) is 12.1 Å². The maximum Gasteiger partial charge on any atom is 0.182 e. The second-order valence-electron chi connectivity index (χ2n) is 3.96. The highest BCUT2D eigenvalue weighted by Gasteiger charge is 2.02. The zero-order valence-electron chi connectivity index (χ0n) is 10.6. The van der Waals surface area contributed by atoms with Crippen molar-refractivity contribution in [3.05, 3.63) is 47.9 Å². The molecule has 1 heterocycles. The molecule has 0 radical (unpaired) electrons. The van der Waals surface area contributed by atoms with E-state index < -0.39 is 0 Å². The number of nitrogens with zero attached hydrogens (tertiary/aromatic N) is 3. The van der Waals surface area contributed by atoms with Gasteiger partial charge in [-0.25, -0.2) is 9.97 Å². The van der Waals surface area contributed by atoms with Gasteiger partial charge < -0.3 is 10.1 Å². The molecular weight excluding hydrogens is 240 g/mol. The number of rotatable bonds is 5. The SMILES string of the molecule is Cc1cccc(OCCNc2nccnc2C#N)c1. The summed E-state index contributed by atoms with van der Waals surface area (Å²) in [6.45, 7) is 3.07. The van der Waals surface area contributed by atoms with Crippen molar-refractivity contribution < 1.29 is 4.74 Å². The van der Waals surface area contributed by atoms with E-state index in [1.54, 1.807) is 6.20 Å². The largest absolute Gasteiger partial charge is 0.492 e. The Hall–Kier alpha value is -2.61. The minimum Gasteiger partial charge on any atom is -0.492 e. The zero-order chi connectivity index (χ0) is 13.5. The Morgan fingerprint density at radius 2 is 2.16 bits per heavy atom. The minimum absolute atomic E-state index is 0.290. The number of nitrogens with one attached hydrogen (secondary N) is 1. The van der Waals surface area contributed by atoms with E-state index in [9.17, 15) is 0 Å². The van der Waals surface area contributed by atoms with Crippen molar-refractivity contribution in [3.8, 4) is 11.8 Å². The molecule has 1 aromatic carbocycles. The standard InChI is InChI=1S/C14H14N4O/c1-11-3-2-4-12(9-11)19-8-7-18-14-13(10-15)16-5-6-17-14/h2-6,9H,7-8H2,1H3,(H,17,18). The normalized spacial score (nSPS) is 9.68. The van der Waals surface area contributed by atoms with Gasteiger partial charge in [0.1, 0.15) is 18.4 Å². The lowest BCUT2D eigenvalue weighted by Crippen LogP contribution is -2.13. The van der Waals surface area contributed by atoms with Crippen molar-refractivity contribution in [1.29, 1.82) is 5.26 Å². The lowest BCUT2D eigenvalue weighted by atomic mass is 10.2. The molecule has 19 heavy (non-hydrogen) atoms. The van der Waals surface area contributed by atoms with E-state index in [-0.39, 0.29) is 5.69 Å². The van der Waals surface area contributed by atoms with Gasteiger partial charge in [0.15, 0.2) is 11.5 Å². The Morgan fingerprint density at radius 3 is 2.95 bits per heavy atom. The van der Waals surface area contributed by atoms with Crippen LogP contribution in [-0.2, 0) is 0 Å². The molecular formula is C14H14N4O. The lowest BCUT2D eigenvalue weighted by Gasteiger charge is -2.08. The van der Waals surface area contributed by atoms with Gasteiger partial charge in [-0.2, -0.15) is 5.26 Å². The number of ether oxygens (including phenoxy) is 1. The van der Waals surface area contributed by atoms with E-state index in [2.05, 4.69) is 15.3 Å². The maximum atomic E-state index is 8.86. The number of nitriles is 1. The fraction of sp³-hybridized carbons (Fsp3) is 0.214. The fourth-order valence-electron chi connectivity index (χ4n) is 1.59. The molecule has 96 valence electrons. The Bertz CT molecular complexity index is 592. The Balaban J connectivity index is 1.83. The van der Waals surface area contributed by atoms with E-state index in [0.29, 0.717) is 19.0 Å². The van der Waals surface area contributed by atoms with Crippen LogP contribution in [0, 0.1) is 18.3 Å². The quantitative estimate of drug-likeness (QED) is 0.828. The highest BCUT2D eigenvalue weighted by molar-refractivity contribution is 5.46. The van der Waals surface area contributed by atoms with Gasteiger partial charge in [0.05, 0.1) is 6.54 Å². The van der Waals surface area contributed by atoms with Crippen LogP contribution in [0.1, 0.15) is 11.3 Å². The summed E-state index contributed by atoms with van der Waals surface area (Å²) in [5.74, 6) is 1.32. The van der Waals surface area contributed by atoms with Crippen LogP contribution in [0.5, 0.6) is 5.75 Å². The molecule has 0 aliphatic carbocycles. The summed E-state index contributed by atoms with van der Waals surface area (Å²) in [6, 6.07) is 9.84. The van der Waals surface area contributed by atoms with Crippen LogP contribution < -0.4 is 10.1 Å². The number of hydrogen-bond donors (Lipinski definition) is 1. The van der Waals surface area contributed by atoms with E-state index >= 15 is 0 Å². The molecule has 1 N–H and O–H groups in total. The molecule has 1 aromatic heterocycles. The van der Waals surface area contributed by atoms with Gasteiger partial charge in [-0.05, 0) is 24.6 Å². The smallest absolute Gasteiger partial charge is 0.182 e. The van der Waals surface area contributed by atoms with Crippen LogP contribution in [0.2, 0.25) is 0 Å². The third kappa shape index (κ3) is 3.68. The fourth-order valence-corrected chi connectivity index (χ4v) is 1.59. The van der Waals surface area contributed by atoms with Crippen LogP contribution in [0.3, 0.4) is 0 Å². The van der Waals surface area contributed by atoms with Crippen LogP contribution in [-0.4, -0.2) is 23.1 Å². The molecule has 0 amide bonds. The highest BCUT2D eigenvalue weighted by atomic mass is 16.5. The summed E-state index contributed by atoms with van der Waals surface area (Å²) in [6.07, 6.45) is 3.04. The minimum atomic E-state index is 0.290. The van der Waals surface area contributed by atoms with Crippen molar-refractivity contribution in [1.82, 2.24) is 9.97 Å². The molecule has 5 heteroatoms. The summed E-state index contributed by atoms with van der Waals surface area (Å²) in [4.78, 5) is 7.98. The van der Waals surface area contributed by atoms with Gasteiger partial charge in [0.2, 0.25) is 0 Å². The number of aryl methyl sites for hydroxylation is 1. The molecule has 0 fully saturated rings. The Labute approximate surface area is 111 Å². The molecule has 0 saturated carbocycles.